The molecule has 0 spiro atoms. The van der Waals surface area contributed by atoms with Crippen LogP contribution in [-0.2, 0) is 11.2 Å². The molecule has 1 aromatic rings. The smallest absolute Gasteiger partial charge is 0.0589 e. The fourth-order valence-corrected chi connectivity index (χ4v) is 1.62. The molecule has 0 aliphatic heterocycles. The van der Waals surface area contributed by atoms with E-state index in [4.69, 9.17) is 10.5 Å². The molecule has 0 bridgehead atoms. The number of likely N-dealkylation sites (N-methyl/N-ethyl adjacent to an activating group) is 1. The van der Waals surface area contributed by atoms with Crippen molar-refractivity contribution in [2.24, 2.45) is 0 Å². The zero-order chi connectivity index (χ0) is 11.8. The minimum absolute atomic E-state index is 0.801. The molecule has 0 saturated carbocycles. The Morgan fingerprint density at radius 3 is 2.44 bits per heavy atom. The Morgan fingerprint density at radius 1 is 1.19 bits per heavy atom. The number of benzene rings is 1. The van der Waals surface area contributed by atoms with Crippen LogP contribution < -0.4 is 5.73 Å². The summed E-state index contributed by atoms with van der Waals surface area (Å²) in [6.07, 6.45) is 1.07. The van der Waals surface area contributed by atoms with Crippen LogP contribution in [0.1, 0.15) is 12.5 Å². The molecule has 0 heterocycles. The van der Waals surface area contributed by atoms with E-state index in [2.05, 4.69) is 24.0 Å². The molecule has 90 valence electrons. The van der Waals surface area contributed by atoms with Gasteiger partial charge in [0.25, 0.3) is 0 Å². The molecule has 0 unspecified atom stereocenters. The first-order valence-electron chi connectivity index (χ1n) is 5.82. The van der Waals surface area contributed by atoms with E-state index < -0.39 is 0 Å². The predicted molar refractivity (Wildman–Crippen MR) is 68.5 cm³/mol. The molecule has 1 aromatic carbocycles. The van der Waals surface area contributed by atoms with Gasteiger partial charge in [-0.05, 0) is 30.7 Å². The van der Waals surface area contributed by atoms with Gasteiger partial charge >= 0.3 is 0 Å². The Balaban J connectivity index is 2.34. The van der Waals surface area contributed by atoms with Crippen molar-refractivity contribution in [2.45, 2.75) is 13.3 Å². The van der Waals surface area contributed by atoms with Crippen molar-refractivity contribution in [3.8, 4) is 0 Å². The van der Waals surface area contributed by atoms with Gasteiger partial charge in [-0.15, -0.1) is 0 Å². The molecule has 0 amide bonds. The van der Waals surface area contributed by atoms with Gasteiger partial charge in [0.1, 0.15) is 0 Å². The number of nitrogen functional groups attached to an aromatic ring is 1. The number of hydrogen-bond acceptors (Lipinski definition) is 3. The molecular formula is C13H22N2O. The zero-order valence-corrected chi connectivity index (χ0v) is 10.3. The third-order valence-corrected chi connectivity index (χ3v) is 2.76. The van der Waals surface area contributed by atoms with Gasteiger partial charge < -0.3 is 15.4 Å². The molecule has 3 nitrogen and oxygen atoms in total. The maximum Gasteiger partial charge on any atom is 0.0589 e. The lowest BCUT2D eigenvalue weighted by atomic mass is 10.1. The molecule has 0 radical (unpaired) electrons. The van der Waals surface area contributed by atoms with Crippen LogP contribution in [0, 0.1) is 0 Å². The predicted octanol–water partition coefficient (Wildman–Crippen LogP) is 1.78. The summed E-state index contributed by atoms with van der Waals surface area (Å²) >= 11 is 0. The zero-order valence-electron chi connectivity index (χ0n) is 10.3. The Kier molecular flexibility index (Phi) is 5.90. The molecule has 0 aliphatic carbocycles. The highest BCUT2D eigenvalue weighted by molar-refractivity contribution is 5.39. The molecule has 0 aromatic heterocycles. The van der Waals surface area contributed by atoms with Crippen LogP contribution in [-0.4, -0.2) is 38.3 Å². The first kappa shape index (κ1) is 13.0. The summed E-state index contributed by atoms with van der Waals surface area (Å²) in [4.78, 5) is 2.39. The van der Waals surface area contributed by atoms with E-state index in [1.54, 1.807) is 7.11 Å². The van der Waals surface area contributed by atoms with E-state index in [0.29, 0.717) is 0 Å². The Bertz CT molecular complexity index is 284. The lowest BCUT2D eigenvalue weighted by Crippen LogP contribution is -2.29. The minimum atomic E-state index is 0.801. The summed E-state index contributed by atoms with van der Waals surface area (Å²) in [6.45, 7) is 6.12. The fraction of sp³-hybridized carbons (Fsp3) is 0.538. The van der Waals surface area contributed by atoms with Crippen LogP contribution in [0.3, 0.4) is 0 Å². The highest BCUT2D eigenvalue weighted by Gasteiger charge is 2.02. The van der Waals surface area contributed by atoms with Crippen molar-refractivity contribution in [1.82, 2.24) is 4.90 Å². The number of hydrogen-bond donors (Lipinski definition) is 1. The second kappa shape index (κ2) is 7.25. The molecular weight excluding hydrogens is 200 g/mol. The van der Waals surface area contributed by atoms with Gasteiger partial charge in [0.2, 0.25) is 0 Å². The lowest BCUT2D eigenvalue weighted by Gasteiger charge is -2.19. The lowest BCUT2D eigenvalue weighted by molar-refractivity contribution is 0.151. The molecule has 0 fully saturated rings. The highest BCUT2D eigenvalue weighted by atomic mass is 16.5. The van der Waals surface area contributed by atoms with Crippen molar-refractivity contribution in [3.63, 3.8) is 0 Å². The Hall–Kier alpha value is -1.06. The monoisotopic (exact) mass is 222 g/mol. The Labute approximate surface area is 98.2 Å². The number of ether oxygens (including phenoxy) is 1. The molecule has 1 rings (SSSR count). The third-order valence-electron chi connectivity index (χ3n) is 2.76. The van der Waals surface area contributed by atoms with Gasteiger partial charge in [-0.2, -0.15) is 0 Å². The summed E-state index contributed by atoms with van der Waals surface area (Å²) in [5.74, 6) is 0. The number of rotatable bonds is 7. The van der Waals surface area contributed by atoms with Crippen LogP contribution in [0.4, 0.5) is 5.69 Å². The normalized spacial score (nSPS) is 10.9. The van der Waals surface area contributed by atoms with Gasteiger partial charge in [-0.25, -0.2) is 0 Å². The average molecular weight is 222 g/mol. The first-order chi connectivity index (χ1) is 7.76. The summed E-state index contributed by atoms with van der Waals surface area (Å²) < 4.78 is 5.08. The standard InChI is InChI=1S/C13H22N2O/c1-3-15(10-11-16-2)9-8-12-4-6-13(14)7-5-12/h4-7H,3,8-11,14H2,1-2H3. The number of nitrogens with two attached hydrogens (primary N) is 1. The van der Waals surface area contributed by atoms with Crippen LogP contribution >= 0.6 is 0 Å². The summed E-state index contributed by atoms with van der Waals surface area (Å²) in [5, 5.41) is 0. The molecule has 0 atom stereocenters. The van der Waals surface area contributed by atoms with E-state index >= 15 is 0 Å². The van der Waals surface area contributed by atoms with E-state index in [1.165, 1.54) is 5.56 Å². The van der Waals surface area contributed by atoms with Crippen molar-refractivity contribution in [2.75, 3.05) is 39.1 Å². The van der Waals surface area contributed by atoms with Gasteiger partial charge in [0.15, 0.2) is 0 Å². The molecule has 3 heteroatoms. The van der Waals surface area contributed by atoms with Crippen LogP contribution in [0.5, 0.6) is 0 Å². The molecule has 0 aliphatic rings. The van der Waals surface area contributed by atoms with Crippen molar-refractivity contribution in [1.29, 1.82) is 0 Å². The van der Waals surface area contributed by atoms with Crippen molar-refractivity contribution < 1.29 is 4.74 Å². The second-order valence-electron chi connectivity index (χ2n) is 3.92. The van der Waals surface area contributed by atoms with Crippen LogP contribution in [0.2, 0.25) is 0 Å². The van der Waals surface area contributed by atoms with Gasteiger partial charge in [0, 0.05) is 25.9 Å². The van der Waals surface area contributed by atoms with Crippen molar-refractivity contribution in [3.05, 3.63) is 29.8 Å². The molecule has 2 N–H and O–H groups in total. The number of anilines is 1. The average Bonchev–Trinajstić information content (AvgIpc) is 2.32. The topological polar surface area (TPSA) is 38.5 Å². The largest absolute Gasteiger partial charge is 0.399 e. The van der Waals surface area contributed by atoms with Gasteiger partial charge in [-0.1, -0.05) is 19.1 Å². The maximum absolute atomic E-state index is 5.65. The second-order valence-corrected chi connectivity index (χ2v) is 3.92. The number of nitrogens with zero attached hydrogens (tertiary/aromatic N) is 1. The van der Waals surface area contributed by atoms with E-state index in [-0.39, 0.29) is 0 Å². The summed E-state index contributed by atoms with van der Waals surface area (Å²) in [7, 11) is 1.74. The van der Waals surface area contributed by atoms with E-state index in [0.717, 1.165) is 38.3 Å². The Morgan fingerprint density at radius 2 is 1.88 bits per heavy atom. The SMILES string of the molecule is CCN(CCOC)CCc1ccc(N)cc1. The maximum atomic E-state index is 5.65. The van der Waals surface area contributed by atoms with Crippen molar-refractivity contribution >= 4 is 5.69 Å². The van der Waals surface area contributed by atoms with Gasteiger partial charge in [0.05, 0.1) is 6.61 Å². The molecule has 0 saturated heterocycles. The van der Waals surface area contributed by atoms with Gasteiger partial charge in [-0.3, -0.25) is 0 Å². The summed E-state index contributed by atoms with van der Waals surface area (Å²) in [5.41, 5.74) is 7.81. The minimum Gasteiger partial charge on any atom is -0.399 e. The fourth-order valence-electron chi connectivity index (χ4n) is 1.62. The van der Waals surface area contributed by atoms with Crippen LogP contribution in [0.15, 0.2) is 24.3 Å². The summed E-state index contributed by atoms with van der Waals surface area (Å²) in [6, 6.07) is 8.11. The van der Waals surface area contributed by atoms with Crippen LogP contribution in [0.25, 0.3) is 0 Å². The van der Waals surface area contributed by atoms with E-state index in [1.807, 2.05) is 12.1 Å². The third kappa shape index (κ3) is 4.64. The van der Waals surface area contributed by atoms with E-state index in [9.17, 15) is 0 Å². The quantitative estimate of drug-likeness (QED) is 0.715. The highest BCUT2D eigenvalue weighted by Crippen LogP contribution is 2.06. The number of methoxy groups -OCH3 is 1. The first-order valence-corrected chi connectivity index (χ1v) is 5.82. The molecule has 16 heavy (non-hydrogen) atoms.